The highest BCUT2D eigenvalue weighted by Crippen LogP contribution is 2.20. The molecule has 0 saturated heterocycles. The van der Waals surface area contributed by atoms with Crippen LogP contribution in [0.2, 0.25) is 5.02 Å². The fourth-order valence-electron chi connectivity index (χ4n) is 2.69. The molecule has 0 fully saturated rings. The van der Waals surface area contributed by atoms with Gasteiger partial charge in [-0.3, -0.25) is 0 Å². The van der Waals surface area contributed by atoms with E-state index < -0.39 is 0 Å². The van der Waals surface area contributed by atoms with Crippen LogP contribution in [0.5, 0.6) is 5.75 Å². The smallest absolute Gasteiger partial charge is 0.125 e. The van der Waals surface area contributed by atoms with E-state index in [1.807, 2.05) is 44.2 Å². The van der Waals surface area contributed by atoms with Crippen LogP contribution in [0, 0.1) is 13.8 Å². The third-order valence-corrected chi connectivity index (χ3v) is 4.51. The molecule has 1 aromatic heterocycles. The van der Waals surface area contributed by atoms with E-state index in [-0.39, 0.29) is 0 Å². The lowest BCUT2D eigenvalue weighted by atomic mass is 10.1. The van der Waals surface area contributed by atoms with E-state index in [1.54, 1.807) is 0 Å². The number of hydrogen-bond acceptors (Lipinski definition) is 3. The van der Waals surface area contributed by atoms with Crippen LogP contribution in [0.3, 0.4) is 0 Å². The average molecular weight is 353 g/mol. The Kier molecular flexibility index (Phi) is 5.67. The molecule has 0 aliphatic rings. The van der Waals surface area contributed by atoms with Crippen molar-refractivity contribution in [2.45, 2.75) is 33.3 Å². The number of benzene rings is 2. The van der Waals surface area contributed by atoms with Crippen LogP contribution in [0.25, 0.3) is 0 Å². The second-order valence-electron chi connectivity index (χ2n) is 6.04. The molecule has 4 heteroatoms. The first kappa shape index (κ1) is 17.4. The Morgan fingerprint density at radius 3 is 2.28 bits per heavy atom. The summed E-state index contributed by atoms with van der Waals surface area (Å²) in [4.78, 5) is 8.75. The molecule has 0 spiro atoms. The summed E-state index contributed by atoms with van der Waals surface area (Å²) in [5, 5.41) is 0.674. The molecular weight excluding hydrogens is 332 g/mol. The third-order valence-electron chi connectivity index (χ3n) is 4.02. The van der Waals surface area contributed by atoms with E-state index in [4.69, 9.17) is 16.3 Å². The van der Waals surface area contributed by atoms with Crippen molar-refractivity contribution in [2.24, 2.45) is 0 Å². The molecule has 0 N–H and O–H groups in total. The van der Waals surface area contributed by atoms with Crippen molar-refractivity contribution in [1.29, 1.82) is 0 Å². The lowest BCUT2D eigenvalue weighted by Crippen LogP contribution is -2.02. The molecule has 3 aromatic rings. The van der Waals surface area contributed by atoms with Gasteiger partial charge in [0.1, 0.15) is 18.2 Å². The molecule has 0 unspecified atom stereocenters. The second kappa shape index (κ2) is 8.13. The van der Waals surface area contributed by atoms with Crippen molar-refractivity contribution >= 4 is 11.6 Å². The number of rotatable bonds is 6. The molecule has 1 heterocycles. The van der Waals surface area contributed by atoms with E-state index in [2.05, 4.69) is 34.2 Å². The van der Waals surface area contributed by atoms with Gasteiger partial charge in [-0.2, -0.15) is 0 Å². The van der Waals surface area contributed by atoms with E-state index >= 15 is 0 Å². The maximum absolute atomic E-state index is 6.31. The summed E-state index contributed by atoms with van der Waals surface area (Å²) >= 11 is 6.31. The van der Waals surface area contributed by atoms with Gasteiger partial charge in [0.15, 0.2) is 0 Å². The predicted octanol–water partition coefficient (Wildman–Crippen LogP) is 5.11. The molecule has 3 rings (SSSR count). The molecule has 128 valence electrons. The SMILES string of the molecule is Cc1nc(C)c(Cl)c(CCc2ccc(OCc3ccccc3)cc2)n1. The van der Waals surface area contributed by atoms with Gasteiger partial charge in [0.2, 0.25) is 0 Å². The van der Waals surface area contributed by atoms with E-state index in [1.165, 1.54) is 5.56 Å². The lowest BCUT2D eigenvalue weighted by Gasteiger charge is -2.09. The van der Waals surface area contributed by atoms with E-state index in [9.17, 15) is 0 Å². The average Bonchev–Trinajstić information content (AvgIpc) is 2.63. The quantitative estimate of drug-likeness (QED) is 0.618. The number of nitrogens with zero attached hydrogens (tertiary/aromatic N) is 2. The molecule has 0 radical (unpaired) electrons. The predicted molar refractivity (Wildman–Crippen MR) is 101 cm³/mol. The normalized spacial score (nSPS) is 10.7. The number of aromatic nitrogens is 2. The molecule has 0 atom stereocenters. The standard InChI is InChI=1S/C21H21ClN2O/c1-15-21(22)20(24-16(2)23-15)13-10-17-8-11-19(12-9-17)25-14-18-6-4-3-5-7-18/h3-9,11-12H,10,13-14H2,1-2H3. The van der Waals surface area contributed by atoms with E-state index in [0.717, 1.165) is 41.4 Å². The van der Waals surface area contributed by atoms with Crippen molar-refractivity contribution in [2.75, 3.05) is 0 Å². The van der Waals surface area contributed by atoms with Gasteiger partial charge in [0.05, 0.1) is 16.4 Å². The van der Waals surface area contributed by atoms with Gasteiger partial charge in [0.25, 0.3) is 0 Å². The van der Waals surface area contributed by atoms with Gasteiger partial charge < -0.3 is 4.74 Å². The highest BCUT2D eigenvalue weighted by atomic mass is 35.5. The minimum absolute atomic E-state index is 0.579. The number of halogens is 1. The molecule has 25 heavy (non-hydrogen) atoms. The summed E-state index contributed by atoms with van der Waals surface area (Å²) in [7, 11) is 0. The van der Waals surface area contributed by atoms with Gasteiger partial charge in [-0.1, -0.05) is 54.1 Å². The Bertz CT molecular complexity index is 833. The molecule has 0 aliphatic heterocycles. The molecule has 2 aromatic carbocycles. The summed E-state index contributed by atoms with van der Waals surface area (Å²) in [5.41, 5.74) is 4.15. The van der Waals surface area contributed by atoms with Crippen molar-refractivity contribution in [1.82, 2.24) is 9.97 Å². The first-order valence-corrected chi connectivity index (χ1v) is 8.75. The number of hydrogen-bond donors (Lipinski definition) is 0. The Morgan fingerprint density at radius 1 is 0.840 bits per heavy atom. The van der Waals surface area contributed by atoms with Gasteiger partial charge in [0, 0.05) is 0 Å². The van der Waals surface area contributed by atoms with Gasteiger partial charge >= 0.3 is 0 Å². The fourth-order valence-corrected chi connectivity index (χ4v) is 2.87. The molecule has 0 amide bonds. The zero-order valence-corrected chi connectivity index (χ0v) is 15.3. The maximum atomic E-state index is 6.31. The van der Waals surface area contributed by atoms with Crippen LogP contribution in [0.1, 0.15) is 28.3 Å². The lowest BCUT2D eigenvalue weighted by molar-refractivity contribution is 0.306. The molecular formula is C21H21ClN2O. The summed E-state index contributed by atoms with van der Waals surface area (Å²) < 4.78 is 5.82. The zero-order valence-electron chi connectivity index (χ0n) is 14.5. The first-order valence-electron chi connectivity index (χ1n) is 8.37. The Hall–Kier alpha value is -2.39. The van der Waals surface area contributed by atoms with Gasteiger partial charge in [-0.25, -0.2) is 9.97 Å². The summed E-state index contributed by atoms with van der Waals surface area (Å²) in [5.74, 6) is 1.64. The minimum atomic E-state index is 0.579. The zero-order chi connectivity index (χ0) is 17.6. The van der Waals surface area contributed by atoms with Crippen LogP contribution in [0.4, 0.5) is 0 Å². The van der Waals surface area contributed by atoms with Crippen molar-refractivity contribution in [3.05, 3.63) is 88.0 Å². The summed E-state index contributed by atoms with van der Waals surface area (Å²) in [6.07, 6.45) is 1.68. The minimum Gasteiger partial charge on any atom is -0.489 e. The maximum Gasteiger partial charge on any atom is 0.125 e. The highest BCUT2D eigenvalue weighted by Gasteiger charge is 2.08. The van der Waals surface area contributed by atoms with Crippen molar-refractivity contribution < 1.29 is 4.74 Å². The summed E-state index contributed by atoms with van der Waals surface area (Å²) in [6, 6.07) is 18.4. The van der Waals surface area contributed by atoms with Crippen molar-refractivity contribution in [3.63, 3.8) is 0 Å². The van der Waals surface area contributed by atoms with Crippen LogP contribution >= 0.6 is 11.6 Å². The van der Waals surface area contributed by atoms with Crippen LogP contribution in [-0.4, -0.2) is 9.97 Å². The Labute approximate surface area is 153 Å². The van der Waals surface area contributed by atoms with Crippen LogP contribution in [0.15, 0.2) is 54.6 Å². The Morgan fingerprint density at radius 2 is 1.56 bits per heavy atom. The Balaban J connectivity index is 1.58. The van der Waals surface area contributed by atoms with Crippen molar-refractivity contribution in [3.8, 4) is 5.75 Å². The van der Waals surface area contributed by atoms with Gasteiger partial charge in [-0.05, 0) is 49.9 Å². The third kappa shape index (κ3) is 4.80. The molecule has 0 bridgehead atoms. The van der Waals surface area contributed by atoms with Gasteiger partial charge in [-0.15, -0.1) is 0 Å². The number of ether oxygens (including phenoxy) is 1. The second-order valence-corrected chi connectivity index (χ2v) is 6.41. The van der Waals surface area contributed by atoms with E-state index in [0.29, 0.717) is 11.6 Å². The highest BCUT2D eigenvalue weighted by molar-refractivity contribution is 6.31. The number of aryl methyl sites for hydroxylation is 4. The van der Waals surface area contributed by atoms with Crippen LogP contribution < -0.4 is 4.74 Å². The molecule has 0 aliphatic carbocycles. The van der Waals surface area contributed by atoms with Crippen LogP contribution in [-0.2, 0) is 19.4 Å². The largest absolute Gasteiger partial charge is 0.489 e. The molecule has 3 nitrogen and oxygen atoms in total. The summed E-state index contributed by atoms with van der Waals surface area (Å²) in [6.45, 7) is 4.39. The molecule has 0 saturated carbocycles. The first-order chi connectivity index (χ1) is 12.1. The fraction of sp³-hybridized carbons (Fsp3) is 0.238. The monoisotopic (exact) mass is 352 g/mol. The topological polar surface area (TPSA) is 35.0 Å².